The van der Waals surface area contributed by atoms with E-state index in [0.717, 1.165) is 30.9 Å². The van der Waals surface area contributed by atoms with Gasteiger partial charge >= 0.3 is 0 Å². The molecule has 0 fully saturated rings. The minimum absolute atomic E-state index is 0.0112. The molecule has 0 aliphatic carbocycles. The van der Waals surface area contributed by atoms with E-state index in [9.17, 15) is 4.79 Å². The van der Waals surface area contributed by atoms with Gasteiger partial charge in [0.15, 0.2) is 0 Å². The molecule has 2 aromatic rings. The standard InChI is InChI=1S/C19H25N3O/c1-19(2,3)18(23)22-16-11-12-17(21-14-16)20-13-7-10-15-8-5-4-6-9-15/h4-6,8-9,11-12,14H,7,10,13H2,1-3H3,(H,20,21)(H,22,23). The Kier molecular flexibility index (Phi) is 5.74. The van der Waals surface area contributed by atoms with Gasteiger partial charge in [-0.3, -0.25) is 4.79 Å². The van der Waals surface area contributed by atoms with Crippen LogP contribution in [0.1, 0.15) is 32.8 Å². The van der Waals surface area contributed by atoms with Gasteiger partial charge in [0.1, 0.15) is 5.82 Å². The highest BCUT2D eigenvalue weighted by molar-refractivity contribution is 5.94. The molecule has 0 saturated carbocycles. The molecular weight excluding hydrogens is 286 g/mol. The molecule has 2 rings (SSSR count). The van der Waals surface area contributed by atoms with Gasteiger partial charge < -0.3 is 10.6 Å². The van der Waals surface area contributed by atoms with Crippen LogP contribution in [0.5, 0.6) is 0 Å². The average molecular weight is 311 g/mol. The van der Waals surface area contributed by atoms with Gasteiger partial charge in [-0.15, -0.1) is 0 Å². The van der Waals surface area contributed by atoms with Crippen molar-refractivity contribution >= 4 is 17.4 Å². The van der Waals surface area contributed by atoms with Crippen LogP contribution in [-0.4, -0.2) is 17.4 Å². The van der Waals surface area contributed by atoms with Crippen molar-refractivity contribution in [3.05, 3.63) is 54.2 Å². The number of nitrogens with one attached hydrogen (secondary N) is 2. The predicted octanol–water partition coefficient (Wildman–Crippen LogP) is 4.11. The number of rotatable bonds is 6. The largest absolute Gasteiger partial charge is 0.370 e. The number of aromatic nitrogens is 1. The van der Waals surface area contributed by atoms with Crippen molar-refractivity contribution in [3.8, 4) is 0 Å². The summed E-state index contributed by atoms with van der Waals surface area (Å²) >= 11 is 0. The lowest BCUT2D eigenvalue weighted by atomic mass is 9.96. The van der Waals surface area contributed by atoms with Gasteiger partial charge in [0, 0.05) is 12.0 Å². The molecule has 1 heterocycles. The molecule has 0 bridgehead atoms. The van der Waals surface area contributed by atoms with Crippen molar-refractivity contribution in [2.24, 2.45) is 5.41 Å². The second-order valence-corrected chi connectivity index (χ2v) is 6.65. The second-order valence-electron chi connectivity index (χ2n) is 6.65. The first kappa shape index (κ1) is 17.0. The van der Waals surface area contributed by atoms with E-state index in [-0.39, 0.29) is 5.91 Å². The summed E-state index contributed by atoms with van der Waals surface area (Å²) in [6.45, 7) is 6.53. The second kappa shape index (κ2) is 7.77. The number of nitrogens with zero attached hydrogens (tertiary/aromatic N) is 1. The Hall–Kier alpha value is -2.36. The summed E-state index contributed by atoms with van der Waals surface area (Å²) in [5.41, 5.74) is 1.66. The number of carbonyl (C=O) groups is 1. The number of carbonyl (C=O) groups excluding carboxylic acids is 1. The maximum atomic E-state index is 11.9. The number of pyridine rings is 1. The van der Waals surface area contributed by atoms with Crippen LogP contribution in [0, 0.1) is 5.41 Å². The van der Waals surface area contributed by atoms with Gasteiger partial charge in [0.05, 0.1) is 11.9 Å². The fraction of sp³-hybridized carbons (Fsp3) is 0.368. The van der Waals surface area contributed by atoms with Crippen LogP contribution in [0.4, 0.5) is 11.5 Å². The molecule has 4 nitrogen and oxygen atoms in total. The molecule has 0 unspecified atom stereocenters. The molecule has 4 heteroatoms. The molecule has 0 aliphatic rings. The topological polar surface area (TPSA) is 54.0 Å². The molecule has 0 radical (unpaired) electrons. The van der Waals surface area contributed by atoms with Crippen LogP contribution < -0.4 is 10.6 Å². The van der Waals surface area contributed by atoms with E-state index in [1.807, 2.05) is 39.0 Å². The lowest BCUT2D eigenvalue weighted by molar-refractivity contribution is -0.123. The van der Waals surface area contributed by atoms with Crippen molar-refractivity contribution in [1.82, 2.24) is 4.98 Å². The van der Waals surface area contributed by atoms with Gasteiger partial charge in [0.25, 0.3) is 0 Å². The Morgan fingerprint density at radius 1 is 1.09 bits per heavy atom. The van der Waals surface area contributed by atoms with E-state index < -0.39 is 5.41 Å². The van der Waals surface area contributed by atoms with Gasteiger partial charge in [-0.1, -0.05) is 51.1 Å². The van der Waals surface area contributed by atoms with Crippen molar-refractivity contribution < 1.29 is 4.79 Å². The Bertz CT molecular complexity index is 615. The highest BCUT2D eigenvalue weighted by Crippen LogP contribution is 2.17. The SMILES string of the molecule is CC(C)(C)C(=O)Nc1ccc(NCCCc2ccccc2)nc1. The first-order valence-electron chi connectivity index (χ1n) is 8.00. The first-order chi connectivity index (χ1) is 10.9. The van der Waals surface area contributed by atoms with Gasteiger partial charge in [-0.2, -0.15) is 0 Å². The third kappa shape index (κ3) is 5.74. The lowest BCUT2D eigenvalue weighted by Crippen LogP contribution is -2.27. The maximum absolute atomic E-state index is 11.9. The van der Waals surface area contributed by atoms with Crippen LogP contribution in [-0.2, 0) is 11.2 Å². The Morgan fingerprint density at radius 2 is 1.83 bits per heavy atom. The molecule has 0 spiro atoms. The summed E-state index contributed by atoms with van der Waals surface area (Å²) in [7, 11) is 0. The minimum Gasteiger partial charge on any atom is -0.370 e. The number of hydrogen-bond acceptors (Lipinski definition) is 3. The molecule has 23 heavy (non-hydrogen) atoms. The van der Waals surface area contributed by atoms with Crippen LogP contribution >= 0.6 is 0 Å². The Labute approximate surface area is 138 Å². The van der Waals surface area contributed by atoms with Gasteiger partial charge in [0.2, 0.25) is 5.91 Å². The van der Waals surface area contributed by atoms with Crippen LogP contribution in [0.3, 0.4) is 0 Å². The number of amides is 1. The number of benzene rings is 1. The summed E-state index contributed by atoms with van der Waals surface area (Å²) in [6, 6.07) is 14.2. The fourth-order valence-electron chi connectivity index (χ4n) is 2.04. The molecule has 0 saturated heterocycles. The molecule has 1 aromatic carbocycles. The van der Waals surface area contributed by atoms with E-state index in [0.29, 0.717) is 0 Å². The molecule has 122 valence electrons. The lowest BCUT2D eigenvalue weighted by Gasteiger charge is -2.17. The van der Waals surface area contributed by atoms with E-state index in [2.05, 4.69) is 39.9 Å². The van der Waals surface area contributed by atoms with Crippen molar-refractivity contribution in [2.75, 3.05) is 17.2 Å². The normalized spacial score (nSPS) is 11.1. The zero-order valence-corrected chi connectivity index (χ0v) is 14.1. The van der Waals surface area contributed by atoms with Crippen LogP contribution in [0.25, 0.3) is 0 Å². The number of aryl methyl sites for hydroxylation is 1. The van der Waals surface area contributed by atoms with Gasteiger partial charge in [-0.25, -0.2) is 4.98 Å². The monoisotopic (exact) mass is 311 g/mol. The summed E-state index contributed by atoms with van der Waals surface area (Å²) in [6.07, 6.45) is 3.78. The van der Waals surface area contributed by atoms with E-state index in [4.69, 9.17) is 0 Å². The molecule has 0 atom stereocenters. The molecule has 2 N–H and O–H groups in total. The Morgan fingerprint density at radius 3 is 2.43 bits per heavy atom. The highest BCUT2D eigenvalue weighted by atomic mass is 16.2. The average Bonchev–Trinajstić information content (AvgIpc) is 2.53. The van der Waals surface area contributed by atoms with Crippen molar-refractivity contribution in [3.63, 3.8) is 0 Å². The van der Waals surface area contributed by atoms with E-state index >= 15 is 0 Å². The molecular formula is C19H25N3O. The molecule has 0 aliphatic heterocycles. The van der Waals surface area contributed by atoms with Gasteiger partial charge in [-0.05, 0) is 30.5 Å². The molecule has 1 aromatic heterocycles. The first-order valence-corrected chi connectivity index (χ1v) is 8.00. The predicted molar refractivity (Wildman–Crippen MR) is 95.6 cm³/mol. The maximum Gasteiger partial charge on any atom is 0.229 e. The minimum atomic E-state index is -0.408. The smallest absolute Gasteiger partial charge is 0.229 e. The number of hydrogen-bond donors (Lipinski definition) is 2. The number of anilines is 2. The van der Waals surface area contributed by atoms with E-state index in [1.165, 1.54) is 5.56 Å². The van der Waals surface area contributed by atoms with Crippen LogP contribution in [0.15, 0.2) is 48.7 Å². The van der Waals surface area contributed by atoms with Crippen LogP contribution in [0.2, 0.25) is 0 Å². The zero-order valence-electron chi connectivity index (χ0n) is 14.1. The van der Waals surface area contributed by atoms with Crippen molar-refractivity contribution in [2.45, 2.75) is 33.6 Å². The quantitative estimate of drug-likeness (QED) is 0.789. The summed E-state index contributed by atoms with van der Waals surface area (Å²) in [5, 5.41) is 6.17. The summed E-state index contributed by atoms with van der Waals surface area (Å²) in [4.78, 5) is 16.2. The zero-order chi connectivity index (χ0) is 16.7. The fourth-order valence-corrected chi connectivity index (χ4v) is 2.04. The summed E-state index contributed by atoms with van der Waals surface area (Å²) < 4.78 is 0. The Balaban J connectivity index is 1.76. The third-order valence-corrected chi connectivity index (χ3v) is 3.49. The highest BCUT2D eigenvalue weighted by Gasteiger charge is 2.21. The van der Waals surface area contributed by atoms with Crippen molar-refractivity contribution in [1.29, 1.82) is 0 Å². The summed E-state index contributed by atoms with van der Waals surface area (Å²) in [5.74, 6) is 0.815. The molecule has 1 amide bonds. The third-order valence-electron chi connectivity index (χ3n) is 3.49. The van der Waals surface area contributed by atoms with E-state index in [1.54, 1.807) is 6.20 Å².